The van der Waals surface area contributed by atoms with Crippen LogP contribution in [-0.2, 0) is 11.8 Å². The molecule has 5 nitrogen and oxygen atoms in total. The van der Waals surface area contributed by atoms with Crippen LogP contribution in [0.3, 0.4) is 0 Å². The van der Waals surface area contributed by atoms with E-state index in [9.17, 15) is 9.59 Å². The molecule has 0 saturated carbocycles. The van der Waals surface area contributed by atoms with Gasteiger partial charge in [0.05, 0.1) is 11.4 Å². The third-order valence-electron chi connectivity index (χ3n) is 3.72. The van der Waals surface area contributed by atoms with Gasteiger partial charge in [-0.05, 0) is 12.0 Å². The second-order valence-electron chi connectivity index (χ2n) is 6.03. The van der Waals surface area contributed by atoms with Gasteiger partial charge >= 0.3 is 5.97 Å². The Hall–Kier alpha value is -2.01. The molecule has 1 heterocycles. The summed E-state index contributed by atoms with van der Waals surface area (Å²) in [5.74, 6) is -0.917. The molecule has 1 amide bonds. The summed E-state index contributed by atoms with van der Waals surface area (Å²) in [6.45, 7) is 4.64. The Morgan fingerprint density at radius 2 is 1.96 bits per heavy atom. The van der Waals surface area contributed by atoms with Crippen molar-refractivity contribution in [3.63, 3.8) is 0 Å². The zero-order valence-electron chi connectivity index (χ0n) is 13.5. The first-order valence-electron chi connectivity index (χ1n) is 7.57. The second-order valence-corrected chi connectivity index (χ2v) is 6.41. The van der Waals surface area contributed by atoms with Crippen molar-refractivity contribution in [2.75, 3.05) is 13.1 Å². The van der Waals surface area contributed by atoms with E-state index in [2.05, 4.69) is 0 Å². The summed E-state index contributed by atoms with van der Waals surface area (Å²) in [4.78, 5) is 25.4. The van der Waals surface area contributed by atoms with Gasteiger partial charge in [0.2, 0.25) is 0 Å². The molecule has 1 aromatic carbocycles. The van der Waals surface area contributed by atoms with E-state index >= 15 is 0 Å². The molecule has 2 aromatic rings. The molecule has 0 bridgehead atoms. The number of aliphatic carboxylic acids is 1. The minimum Gasteiger partial charge on any atom is -0.481 e. The third kappa shape index (κ3) is 3.67. The molecule has 6 heteroatoms. The molecule has 0 aliphatic carbocycles. The number of amides is 1. The van der Waals surface area contributed by atoms with Crippen molar-refractivity contribution >= 4 is 34.4 Å². The van der Waals surface area contributed by atoms with Crippen LogP contribution in [-0.4, -0.2) is 39.5 Å². The molecule has 1 aromatic heterocycles. The second kappa shape index (κ2) is 7.04. The van der Waals surface area contributed by atoms with Crippen molar-refractivity contribution in [2.45, 2.75) is 20.3 Å². The first-order chi connectivity index (χ1) is 10.8. The molecule has 0 spiro atoms. The fraction of sp³-hybridized carbons (Fsp3) is 0.412. The Kier molecular flexibility index (Phi) is 5.31. The molecular formula is C17H21ClN2O3. The van der Waals surface area contributed by atoms with E-state index in [1.54, 1.807) is 16.5 Å². The highest BCUT2D eigenvalue weighted by molar-refractivity contribution is 6.38. The van der Waals surface area contributed by atoms with Crippen LogP contribution in [0.1, 0.15) is 30.8 Å². The molecule has 0 saturated heterocycles. The van der Waals surface area contributed by atoms with E-state index in [-0.39, 0.29) is 24.8 Å². The number of halogens is 1. The van der Waals surface area contributed by atoms with Gasteiger partial charge in [0.1, 0.15) is 5.69 Å². The number of carboxylic acid groups (broad SMARTS) is 1. The maximum Gasteiger partial charge on any atom is 0.305 e. The van der Waals surface area contributed by atoms with Crippen LogP contribution < -0.4 is 0 Å². The summed E-state index contributed by atoms with van der Waals surface area (Å²) >= 11 is 6.42. The van der Waals surface area contributed by atoms with E-state index in [0.29, 0.717) is 17.3 Å². The van der Waals surface area contributed by atoms with Crippen molar-refractivity contribution in [2.24, 2.45) is 13.0 Å². The quantitative estimate of drug-likeness (QED) is 0.879. The first-order valence-corrected chi connectivity index (χ1v) is 7.94. The summed E-state index contributed by atoms with van der Waals surface area (Å²) in [5, 5.41) is 10.1. The van der Waals surface area contributed by atoms with Crippen molar-refractivity contribution in [3.05, 3.63) is 35.0 Å². The predicted octanol–water partition coefficient (Wildman–Crippen LogP) is 3.40. The summed E-state index contributed by atoms with van der Waals surface area (Å²) in [6.07, 6.45) is -0.0833. The van der Waals surface area contributed by atoms with Crippen LogP contribution in [0.2, 0.25) is 5.02 Å². The van der Waals surface area contributed by atoms with Crippen LogP contribution in [0, 0.1) is 5.92 Å². The number of carbonyl (C=O) groups is 2. The average Bonchev–Trinajstić information content (AvgIpc) is 2.74. The lowest BCUT2D eigenvalue weighted by atomic mass is 10.2. The highest BCUT2D eigenvalue weighted by atomic mass is 35.5. The largest absolute Gasteiger partial charge is 0.481 e. The standard InChI is InChI=1S/C17H21ClN2O3/c1-11(2)10-20(9-8-14(21)22)17(23)16-15(18)12-6-4-5-7-13(12)19(16)3/h4-7,11H,8-10H2,1-3H3,(H,21,22). The number of rotatable bonds is 6. The zero-order chi connectivity index (χ0) is 17.1. The summed E-state index contributed by atoms with van der Waals surface area (Å²) in [6, 6.07) is 7.54. The maximum atomic E-state index is 12.9. The van der Waals surface area contributed by atoms with E-state index < -0.39 is 5.97 Å². The van der Waals surface area contributed by atoms with E-state index in [4.69, 9.17) is 16.7 Å². The van der Waals surface area contributed by atoms with Crippen LogP contribution in [0.25, 0.3) is 10.9 Å². The van der Waals surface area contributed by atoms with E-state index in [1.807, 2.05) is 38.1 Å². The van der Waals surface area contributed by atoms with Gasteiger partial charge in [0, 0.05) is 31.0 Å². The Labute approximate surface area is 140 Å². The van der Waals surface area contributed by atoms with Gasteiger partial charge in [0.15, 0.2) is 0 Å². The molecule has 0 atom stereocenters. The maximum absolute atomic E-state index is 12.9. The Morgan fingerprint density at radius 3 is 2.52 bits per heavy atom. The van der Waals surface area contributed by atoms with Gasteiger partial charge in [-0.3, -0.25) is 9.59 Å². The van der Waals surface area contributed by atoms with Crippen LogP contribution in [0.15, 0.2) is 24.3 Å². The number of aromatic nitrogens is 1. The first kappa shape index (κ1) is 17.3. The molecular weight excluding hydrogens is 316 g/mol. The Bertz CT molecular complexity index is 698. The van der Waals surface area contributed by atoms with Gasteiger partial charge in [-0.25, -0.2) is 0 Å². The van der Waals surface area contributed by atoms with Gasteiger partial charge in [0.25, 0.3) is 5.91 Å². The SMILES string of the molecule is CC(C)CN(CCC(=O)O)C(=O)c1c(Cl)c2ccccc2n1C. The Morgan fingerprint density at radius 1 is 1.30 bits per heavy atom. The number of hydrogen-bond donors (Lipinski definition) is 1. The lowest BCUT2D eigenvalue weighted by Gasteiger charge is -2.24. The highest BCUT2D eigenvalue weighted by Gasteiger charge is 2.25. The van der Waals surface area contributed by atoms with Gasteiger partial charge in [-0.15, -0.1) is 0 Å². The third-order valence-corrected chi connectivity index (χ3v) is 4.10. The number of aryl methyl sites for hydroxylation is 1. The normalized spacial score (nSPS) is 11.2. The lowest BCUT2D eigenvalue weighted by Crippen LogP contribution is -2.37. The summed E-state index contributed by atoms with van der Waals surface area (Å²) in [7, 11) is 1.80. The molecule has 0 radical (unpaired) electrons. The average molecular weight is 337 g/mol. The predicted molar refractivity (Wildman–Crippen MR) is 90.9 cm³/mol. The smallest absolute Gasteiger partial charge is 0.305 e. The van der Waals surface area contributed by atoms with Crippen molar-refractivity contribution in [1.29, 1.82) is 0 Å². The fourth-order valence-corrected chi connectivity index (χ4v) is 3.05. The Balaban J connectivity index is 2.41. The monoisotopic (exact) mass is 336 g/mol. The van der Waals surface area contributed by atoms with Crippen LogP contribution >= 0.6 is 11.6 Å². The number of carbonyl (C=O) groups excluding carboxylic acids is 1. The number of benzene rings is 1. The summed E-state index contributed by atoms with van der Waals surface area (Å²) < 4.78 is 1.77. The minimum atomic E-state index is -0.922. The van der Waals surface area contributed by atoms with Crippen LogP contribution in [0.4, 0.5) is 0 Å². The minimum absolute atomic E-state index is 0.0833. The number of fused-ring (bicyclic) bond motifs is 1. The van der Waals surface area contributed by atoms with Crippen molar-refractivity contribution in [3.8, 4) is 0 Å². The number of para-hydroxylation sites is 1. The fourth-order valence-electron chi connectivity index (χ4n) is 2.68. The zero-order valence-corrected chi connectivity index (χ0v) is 14.3. The molecule has 2 rings (SSSR count). The molecule has 124 valence electrons. The highest BCUT2D eigenvalue weighted by Crippen LogP contribution is 2.30. The molecule has 23 heavy (non-hydrogen) atoms. The van der Waals surface area contributed by atoms with Crippen LogP contribution in [0.5, 0.6) is 0 Å². The summed E-state index contributed by atoms with van der Waals surface area (Å²) in [5.41, 5.74) is 1.28. The number of hydrogen-bond acceptors (Lipinski definition) is 2. The molecule has 1 N–H and O–H groups in total. The number of carboxylic acids is 1. The van der Waals surface area contributed by atoms with Crippen molar-refractivity contribution < 1.29 is 14.7 Å². The molecule has 0 unspecified atom stereocenters. The van der Waals surface area contributed by atoms with Crippen molar-refractivity contribution in [1.82, 2.24) is 9.47 Å². The lowest BCUT2D eigenvalue weighted by molar-refractivity contribution is -0.137. The number of nitrogens with zero attached hydrogens (tertiary/aromatic N) is 2. The van der Waals surface area contributed by atoms with Gasteiger partial charge in [-0.2, -0.15) is 0 Å². The van der Waals surface area contributed by atoms with E-state index in [0.717, 1.165) is 10.9 Å². The van der Waals surface area contributed by atoms with Gasteiger partial charge < -0.3 is 14.6 Å². The van der Waals surface area contributed by atoms with Gasteiger partial charge in [-0.1, -0.05) is 43.6 Å². The molecule has 0 fully saturated rings. The molecule has 0 aliphatic rings. The van der Waals surface area contributed by atoms with E-state index in [1.165, 1.54) is 0 Å². The molecule has 0 aliphatic heterocycles. The topological polar surface area (TPSA) is 62.5 Å².